The number of nitrogens with one attached hydrogen (secondary N) is 1. The van der Waals surface area contributed by atoms with Crippen LogP contribution < -0.4 is 0 Å². The van der Waals surface area contributed by atoms with E-state index in [4.69, 9.17) is 12.2 Å². The molecular weight excluding hydrogens is 335 g/mol. The summed E-state index contributed by atoms with van der Waals surface area (Å²) in [7, 11) is 0. The first-order valence-corrected chi connectivity index (χ1v) is 8.34. The van der Waals surface area contributed by atoms with Crippen LogP contribution in [0.4, 0.5) is 4.39 Å². The van der Waals surface area contributed by atoms with Crippen LogP contribution in [0.3, 0.4) is 0 Å². The molecule has 0 atom stereocenters. The van der Waals surface area contributed by atoms with E-state index in [0.29, 0.717) is 16.2 Å². The van der Waals surface area contributed by atoms with Crippen LogP contribution in [0.5, 0.6) is 0 Å². The highest BCUT2D eigenvalue weighted by Gasteiger charge is 2.14. The van der Waals surface area contributed by atoms with E-state index in [1.54, 1.807) is 18.3 Å². The molecule has 1 N–H and O–H groups in total. The van der Waals surface area contributed by atoms with E-state index < -0.39 is 0 Å². The molecule has 0 amide bonds. The fraction of sp³-hybridized carbons (Fsp3) is 0.211. The second kappa shape index (κ2) is 6.72. The molecule has 3 aromatic rings. The van der Waals surface area contributed by atoms with E-state index in [2.05, 4.69) is 48.2 Å². The molecule has 4 nitrogen and oxygen atoms in total. The van der Waals surface area contributed by atoms with Crippen molar-refractivity contribution in [3.05, 3.63) is 70.2 Å². The molecule has 0 unspecified atom stereocenters. The maximum Gasteiger partial charge on any atom is 0.216 e. The van der Waals surface area contributed by atoms with E-state index in [-0.39, 0.29) is 11.2 Å². The normalized spacial score (nSPS) is 12.0. The lowest BCUT2D eigenvalue weighted by Gasteiger charge is -2.18. The van der Waals surface area contributed by atoms with Crippen molar-refractivity contribution < 1.29 is 4.39 Å². The molecule has 2 aromatic carbocycles. The SMILES string of the molecule is CC(C)(C)c1ccc(-c2n[nH]c(=S)n2N=Cc2cccc(F)c2)cc1. The highest BCUT2D eigenvalue weighted by atomic mass is 32.1. The van der Waals surface area contributed by atoms with Gasteiger partial charge in [0.05, 0.1) is 6.21 Å². The first-order chi connectivity index (χ1) is 11.8. The van der Waals surface area contributed by atoms with Crippen molar-refractivity contribution in [1.82, 2.24) is 14.9 Å². The topological polar surface area (TPSA) is 46.0 Å². The Labute approximate surface area is 151 Å². The number of rotatable bonds is 3. The van der Waals surface area contributed by atoms with Gasteiger partial charge in [-0.05, 0) is 40.9 Å². The highest BCUT2D eigenvalue weighted by molar-refractivity contribution is 7.71. The summed E-state index contributed by atoms with van der Waals surface area (Å²) in [5.74, 6) is 0.302. The van der Waals surface area contributed by atoms with Crippen molar-refractivity contribution in [3.63, 3.8) is 0 Å². The highest BCUT2D eigenvalue weighted by Crippen LogP contribution is 2.25. The number of benzene rings is 2. The molecule has 25 heavy (non-hydrogen) atoms. The summed E-state index contributed by atoms with van der Waals surface area (Å²) < 4.78 is 15.2. The van der Waals surface area contributed by atoms with Gasteiger partial charge in [-0.3, -0.25) is 0 Å². The third kappa shape index (κ3) is 3.91. The zero-order chi connectivity index (χ0) is 18.0. The zero-order valence-corrected chi connectivity index (χ0v) is 15.1. The van der Waals surface area contributed by atoms with Gasteiger partial charge in [-0.15, -0.1) is 0 Å². The number of hydrogen-bond donors (Lipinski definition) is 1. The second-order valence-corrected chi connectivity index (χ2v) is 7.18. The minimum Gasteiger partial charge on any atom is -0.250 e. The quantitative estimate of drug-likeness (QED) is 0.536. The minimum absolute atomic E-state index is 0.0821. The molecule has 0 aliphatic rings. The van der Waals surface area contributed by atoms with Crippen LogP contribution in [0, 0.1) is 10.6 Å². The Balaban J connectivity index is 1.96. The van der Waals surface area contributed by atoms with Crippen LogP contribution in [-0.2, 0) is 5.41 Å². The average molecular weight is 354 g/mol. The second-order valence-electron chi connectivity index (χ2n) is 6.79. The first kappa shape index (κ1) is 17.2. The summed E-state index contributed by atoms with van der Waals surface area (Å²) in [4.78, 5) is 0. The van der Waals surface area contributed by atoms with Crippen molar-refractivity contribution in [2.45, 2.75) is 26.2 Å². The van der Waals surface area contributed by atoms with Crippen LogP contribution in [0.2, 0.25) is 0 Å². The van der Waals surface area contributed by atoms with Crippen LogP contribution in [0.1, 0.15) is 31.9 Å². The van der Waals surface area contributed by atoms with E-state index >= 15 is 0 Å². The predicted molar refractivity (Wildman–Crippen MR) is 101 cm³/mol. The molecule has 0 saturated heterocycles. The van der Waals surface area contributed by atoms with Gasteiger partial charge in [0.15, 0.2) is 5.82 Å². The zero-order valence-electron chi connectivity index (χ0n) is 14.3. The Kier molecular flexibility index (Phi) is 4.63. The molecule has 0 spiro atoms. The molecule has 1 aromatic heterocycles. The lowest BCUT2D eigenvalue weighted by atomic mass is 9.87. The van der Waals surface area contributed by atoms with Crippen LogP contribution in [-0.4, -0.2) is 21.1 Å². The monoisotopic (exact) mass is 354 g/mol. The standard InChI is InChI=1S/C19H19FN4S/c1-19(2,3)15-9-7-14(8-10-15)17-22-23-18(25)24(17)21-12-13-5-4-6-16(20)11-13/h4-12H,1-3H3,(H,23,25). The fourth-order valence-electron chi connectivity index (χ4n) is 2.42. The number of aromatic amines is 1. The Morgan fingerprint density at radius 1 is 1.16 bits per heavy atom. The molecule has 1 heterocycles. The molecule has 0 fully saturated rings. The lowest BCUT2D eigenvalue weighted by molar-refractivity contribution is 0.590. The number of hydrogen-bond acceptors (Lipinski definition) is 3. The minimum atomic E-state index is -0.308. The van der Waals surface area contributed by atoms with Gasteiger partial charge >= 0.3 is 0 Å². The summed E-state index contributed by atoms with van der Waals surface area (Å²) >= 11 is 5.26. The van der Waals surface area contributed by atoms with Gasteiger partial charge < -0.3 is 0 Å². The molecule has 0 aliphatic carbocycles. The number of halogens is 1. The van der Waals surface area contributed by atoms with Crippen molar-refractivity contribution in [2.75, 3.05) is 0 Å². The van der Waals surface area contributed by atoms with Gasteiger partial charge in [-0.2, -0.15) is 14.9 Å². The van der Waals surface area contributed by atoms with Gasteiger partial charge in [0.25, 0.3) is 0 Å². The summed E-state index contributed by atoms with van der Waals surface area (Å²) in [5, 5.41) is 11.4. The molecule has 3 rings (SSSR count). The van der Waals surface area contributed by atoms with Crippen molar-refractivity contribution >= 4 is 18.4 Å². The fourth-order valence-corrected chi connectivity index (χ4v) is 2.60. The molecule has 6 heteroatoms. The van der Waals surface area contributed by atoms with Gasteiger partial charge in [-0.1, -0.05) is 57.2 Å². The Morgan fingerprint density at radius 3 is 2.52 bits per heavy atom. The number of aromatic nitrogens is 3. The third-order valence-corrected chi connectivity index (χ3v) is 4.09. The average Bonchev–Trinajstić information content (AvgIpc) is 2.93. The molecule has 128 valence electrons. The molecule has 0 bridgehead atoms. The van der Waals surface area contributed by atoms with Gasteiger partial charge in [0.2, 0.25) is 4.77 Å². The third-order valence-electron chi connectivity index (χ3n) is 3.83. The summed E-state index contributed by atoms with van der Waals surface area (Å²) in [5.41, 5.74) is 2.87. The molecular formula is C19H19FN4S. The molecule has 0 radical (unpaired) electrons. The van der Waals surface area contributed by atoms with Crippen LogP contribution in [0.15, 0.2) is 53.6 Å². The maximum absolute atomic E-state index is 13.3. The van der Waals surface area contributed by atoms with Crippen molar-refractivity contribution in [1.29, 1.82) is 0 Å². The molecule has 0 saturated carbocycles. The van der Waals surface area contributed by atoms with E-state index in [0.717, 1.165) is 5.56 Å². The van der Waals surface area contributed by atoms with Gasteiger partial charge in [0.1, 0.15) is 5.82 Å². The predicted octanol–water partition coefficient (Wildman–Crippen LogP) is 4.93. The largest absolute Gasteiger partial charge is 0.250 e. The van der Waals surface area contributed by atoms with Crippen LogP contribution in [0.25, 0.3) is 11.4 Å². The maximum atomic E-state index is 13.3. The summed E-state index contributed by atoms with van der Waals surface area (Å²) in [6.45, 7) is 6.50. The van der Waals surface area contributed by atoms with Crippen LogP contribution >= 0.6 is 12.2 Å². The van der Waals surface area contributed by atoms with Gasteiger partial charge in [0, 0.05) is 5.56 Å². The Hall–Kier alpha value is -2.60. The van der Waals surface area contributed by atoms with Crippen molar-refractivity contribution in [2.24, 2.45) is 5.10 Å². The van der Waals surface area contributed by atoms with E-state index in [1.165, 1.54) is 22.4 Å². The number of H-pyrrole nitrogens is 1. The smallest absolute Gasteiger partial charge is 0.216 e. The Bertz CT molecular complexity index is 962. The number of nitrogens with zero attached hydrogens (tertiary/aromatic N) is 3. The Morgan fingerprint density at radius 2 is 1.88 bits per heavy atom. The van der Waals surface area contributed by atoms with Crippen molar-refractivity contribution in [3.8, 4) is 11.4 Å². The van der Waals surface area contributed by atoms with E-state index in [1.807, 2.05) is 12.1 Å². The van der Waals surface area contributed by atoms with Gasteiger partial charge in [-0.25, -0.2) is 9.49 Å². The first-order valence-electron chi connectivity index (χ1n) is 7.93. The molecule has 0 aliphatic heterocycles. The summed E-state index contributed by atoms with van der Waals surface area (Å²) in [6, 6.07) is 14.4. The van der Waals surface area contributed by atoms with E-state index in [9.17, 15) is 4.39 Å². The summed E-state index contributed by atoms with van der Waals surface area (Å²) in [6.07, 6.45) is 1.56. The lowest BCUT2D eigenvalue weighted by Crippen LogP contribution is -2.10.